The van der Waals surface area contributed by atoms with E-state index in [4.69, 9.17) is 9.47 Å². The van der Waals surface area contributed by atoms with Gasteiger partial charge in [0.05, 0.1) is 32.0 Å². The molecule has 0 radical (unpaired) electrons. The average Bonchev–Trinajstić information content (AvgIpc) is 3.52. The van der Waals surface area contributed by atoms with E-state index in [2.05, 4.69) is 10.2 Å². The Morgan fingerprint density at radius 2 is 1.93 bits per heavy atom. The zero-order valence-corrected chi connectivity index (χ0v) is 17.5. The summed E-state index contributed by atoms with van der Waals surface area (Å²) in [4.78, 5) is 0. The van der Waals surface area contributed by atoms with E-state index < -0.39 is 6.10 Å². The zero-order valence-electron chi connectivity index (χ0n) is 16.7. The van der Waals surface area contributed by atoms with Crippen molar-refractivity contribution in [2.45, 2.75) is 36.8 Å². The van der Waals surface area contributed by atoms with Crippen LogP contribution in [0.2, 0.25) is 0 Å². The van der Waals surface area contributed by atoms with Crippen LogP contribution < -0.4 is 4.74 Å². The van der Waals surface area contributed by atoms with E-state index in [0.717, 1.165) is 24.2 Å². The fourth-order valence-electron chi connectivity index (χ4n) is 3.12. The maximum atomic E-state index is 14.2. The van der Waals surface area contributed by atoms with E-state index in [0.29, 0.717) is 34.9 Å². The van der Waals surface area contributed by atoms with Gasteiger partial charge in [-0.05, 0) is 42.7 Å². The molecule has 1 N–H and O–H groups in total. The molecule has 1 aliphatic rings. The van der Waals surface area contributed by atoms with Crippen LogP contribution in [0, 0.1) is 5.82 Å². The van der Waals surface area contributed by atoms with E-state index in [1.165, 1.54) is 17.8 Å². The van der Waals surface area contributed by atoms with E-state index >= 15 is 0 Å². The van der Waals surface area contributed by atoms with Gasteiger partial charge < -0.3 is 14.6 Å². The molecule has 1 atom stereocenters. The Kier molecular flexibility index (Phi) is 6.66. The minimum Gasteiger partial charge on any atom is -0.497 e. The summed E-state index contributed by atoms with van der Waals surface area (Å²) in [7, 11) is 1.63. The average molecular weight is 430 g/mol. The summed E-state index contributed by atoms with van der Waals surface area (Å²) in [5.41, 5.74) is 1.46. The van der Waals surface area contributed by atoms with E-state index in [1.54, 1.807) is 25.3 Å². The third-order valence-corrected chi connectivity index (χ3v) is 5.92. The summed E-state index contributed by atoms with van der Waals surface area (Å²) in [5.74, 6) is 1.45. The summed E-state index contributed by atoms with van der Waals surface area (Å²) < 4.78 is 27.0. The first-order chi connectivity index (χ1) is 14.7. The molecule has 2 aromatic carbocycles. The van der Waals surface area contributed by atoms with E-state index in [-0.39, 0.29) is 12.4 Å². The van der Waals surface area contributed by atoms with Gasteiger partial charge in [0.25, 0.3) is 0 Å². The van der Waals surface area contributed by atoms with Crippen LogP contribution in [0.1, 0.15) is 24.4 Å². The molecule has 1 aromatic heterocycles. The Bertz CT molecular complexity index is 976. The lowest BCUT2D eigenvalue weighted by Gasteiger charge is -2.12. The third-order valence-electron chi connectivity index (χ3n) is 4.83. The Morgan fingerprint density at radius 3 is 2.63 bits per heavy atom. The molecule has 0 saturated heterocycles. The number of benzene rings is 2. The number of rotatable bonds is 10. The van der Waals surface area contributed by atoms with E-state index in [1.807, 2.05) is 28.8 Å². The Morgan fingerprint density at radius 1 is 1.17 bits per heavy atom. The van der Waals surface area contributed by atoms with Crippen molar-refractivity contribution in [2.75, 3.05) is 19.5 Å². The lowest BCUT2D eigenvalue weighted by atomic mass is 10.2. The smallest absolute Gasteiger partial charge is 0.191 e. The first-order valence-corrected chi connectivity index (χ1v) is 10.9. The Labute approximate surface area is 179 Å². The van der Waals surface area contributed by atoms with Crippen molar-refractivity contribution in [3.8, 4) is 17.1 Å². The topological polar surface area (TPSA) is 69.4 Å². The summed E-state index contributed by atoms with van der Waals surface area (Å²) in [5, 5.41) is 19.5. The number of thioether (sulfide) groups is 1. The lowest BCUT2D eigenvalue weighted by Crippen LogP contribution is -2.18. The third kappa shape index (κ3) is 5.00. The maximum absolute atomic E-state index is 14.2. The highest BCUT2D eigenvalue weighted by molar-refractivity contribution is 7.99. The molecular formula is C22H24FN3O3S. The van der Waals surface area contributed by atoms with Crippen LogP contribution in [-0.4, -0.2) is 45.4 Å². The fourth-order valence-corrected chi connectivity index (χ4v) is 4.03. The summed E-state index contributed by atoms with van der Waals surface area (Å²) in [6.07, 6.45) is 1.41. The molecule has 6 nitrogen and oxygen atoms in total. The van der Waals surface area contributed by atoms with Crippen molar-refractivity contribution in [1.29, 1.82) is 0 Å². The van der Waals surface area contributed by atoms with Crippen LogP contribution >= 0.6 is 11.8 Å². The number of aromatic nitrogens is 3. The van der Waals surface area contributed by atoms with Crippen LogP contribution in [0.15, 0.2) is 53.7 Å². The molecule has 1 heterocycles. The molecule has 0 bridgehead atoms. The summed E-state index contributed by atoms with van der Waals surface area (Å²) >= 11 is 1.42. The number of aliphatic hydroxyl groups is 1. The van der Waals surface area contributed by atoms with Crippen molar-refractivity contribution in [3.63, 3.8) is 0 Å². The fraction of sp³-hybridized carbons (Fsp3) is 0.364. The molecule has 8 heteroatoms. The number of hydrogen-bond donors (Lipinski definition) is 1. The number of hydrogen-bond acceptors (Lipinski definition) is 6. The number of halogens is 1. The second-order valence-corrected chi connectivity index (χ2v) is 8.20. The highest BCUT2D eigenvalue weighted by Gasteiger charge is 2.31. The largest absolute Gasteiger partial charge is 0.497 e. The van der Waals surface area contributed by atoms with E-state index in [9.17, 15) is 9.50 Å². The van der Waals surface area contributed by atoms with Crippen molar-refractivity contribution < 1.29 is 19.0 Å². The Balaban J connectivity index is 1.33. The molecule has 1 saturated carbocycles. The highest BCUT2D eigenvalue weighted by atomic mass is 32.2. The molecule has 158 valence electrons. The quantitative estimate of drug-likeness (QED) is 0.490. The van der Waals surface area contributed by atoms with Crippen molar-refractivity contribution in [2.24, 2.45) is 0 Å². The predicted octanol–water partition coefficient (Wildman–Crippen LogP) is 4.10. The monoisotopic (exact) mass is 429 g/mol. The molecular weight excluding hydrogens is 405 g/mol. The second-order valence-electron chi connectivity index (χ2n) is 7.22. The minimum atomic E-state index is -0.644. The molecule has 0 amide bonds. The molecule has 3 aromatic rings. The van der Waals surface area contributed by atoms with Gasteiger partial charge >= 0.3 is 0 Å². The first kappa shape index (κ1) is 20.8. The van der Waals surface area contributed by atoms with Crippen molar-refractivity contribution in [3.05, 3.63) is 59.9 Å². The number of methoxy groups -OCH3 is 1. The Hall–Kier alpha value is -2.42. The van der Waals surface area contributed by atoms with Crippen molar-refractivity contribution >= 4 is 11.8 Å². The number of aliphatic hydroxyl groups excluding tert-OH is 1. The van der Waals surface area contributed by atoms with Gasteiger partial charge in [-0.25, -0.2) is 4.39 Å². The minimum absolute atomic E-state index is 0.219. The van der Waals surface area contributed by atoms with Crippen LogP contribution in [0.25, 0.3) is 11.4 Å². The van der Waals surface area contributed by atoms with Gasteiger partial charge in [0.1, 0.15) is 11.6 Å². The van der Waals surface area contributed by atoms with Crippen LogP contribution in [-0.2, 0) is 11.3 Å². The first-order valence-electron chi connectivity index (χ1n) is 9.87. The van der Waals surface area contributed by atoms with Crippen LogP contribution in [0.5, 0.6) is 5.75 Å². The second kappa shape index (κ2) is 9.59. The zero-order chi connectivity index (χ0) is 20.9. The van der Waals surface area contributed by atoms with Crippen LogP contribution in [0.4, 0.5) is 4.39 Å². The summed E-state index contributed by atoms with van der Waals surface area (Å²) in [6.45, 7) is 0.637. The normalized spacial score (nSPS) is 14.6. The SMILES string of the molecule is COc1ccc(COC[C@@H](O)CSc2nnc(-c3ccccc3F)n2C2CC2)cc1. The lowest BCUT2D eigenvalue weighted by molar-refractivity contribution is 0.0397. The molecule has 4 rings (SSSR count). The molecule has 0 aliphatic heterocycles. The van der Waals surface area contributed by atoms with Crippen molar-refractivity contribution in [1.82, 2.24) is 14.8 Å². The predicted molar refractivity (Wildman–Crippen MR) is 113 cm³/mol. The van der Waals surface area contributed by atoms with Gasteiger partial charge in [-0.3, -0.25) is 4.57 Å². The summed E-state index contributed by atoms with van der Waals surface area (Å²) in [6, 6.07) is 14.5. The van der Waals surface area contributed by atoms with Gasteiger partial charge in [-0.15, -0.1) is 10.2 Å². The van der Waals surface area contributed by atoms with Crippen LogP contribution in [0.3, 0.4) is 0 Å². The molecule has 0 unspecified atom stereocenters. The number of ether oxygens (including phenoxy) is 2. The van der Waals surface area contributed by atoms with Gasteiger partial charge in [0, 0.05) is 11.8 Å². The maximum Gasteiger partial charge on any atom is 0.191 e. The van der Waals surface area contributed by atoms with Gasteiger partial charge in [-0.1, -0.05) is 36.0 Å². The highest BCUT2D eigenvalue weighted by Crippen LogP contribution is 2.41. The molecule has 1 fully saturated rings. The molecule has 30 heavy (non-hydrogen) atoms. The molecule has 1 aliphatic carbocycles. The number of nitrogens with zero attached hydrogens (tertiary/aromatic N) is 3. The van der Waals surface area contributed by atoms with Gasteiger partial charge in [-0.2, -0.15) is 0 Å². The van der Waals surface area contributed by atoms with Gasteiger partial charge in [0.2, 0.25) is 0 Å². The molecule has 0 spiro atoms. The standard InChI is InChI=1S/C22H24FN3O3S/c1-28-18-10-6-15(7-11-18)12-29-13-17(27)14-30-22-25-24-21(26(22)16-8-9-16)19-4-2-3-5-20(19)23/h2-7,10-11,16-17,27H,8-9,12-14H2,1H3/t17-/m1/s1. The van der Waals surface area contributed by atoms with Gasteiger partial charge in [0.15, 0.2) is 11.0 Å².